The van der Waals surface area contributed by atoms with Crippen LogP contribution >= 0.6 is 0 Å². The maximum Gasteiger partial charge on any atom is 0.407 e. The van der Waals surface area contributed by atoms with Gasteiger partial charge in [-0.05, 0) is 33.2 Å². The molecule has 0 rings (SSSR count). The highest BCUT2D eigenvalue weighted by molar-refractivity contribution is 5.67. The van der Waals surface area contributed by atoms with E-state index in [0.717, 1.165) is 0 Å². The Bertz CT molecular complexity index is 160. The van der Waals surface area contributed by atoms with Gasteiger partial charge in [-0.1, -0.05) is 6.92 Å². The maximum atomic E-state index is 11.1. The van der Waals surface area contributed by atoms with Crippen LogP contribution in [0.5, 0.6) is 0 Å². The Hall–Kier alpha value is -0.770. The Labute approximate surface area is 79.8 Å². The number of nitrogens with two attached hydrogens (primary N) is 1. The third-order valence-electron chi connectivity index (χ3n) is 1.91. The molecule has 0 fully saturated rings. The molecular formula is C9H20N2O2. The molecule has 0 aliphatic rings. The van der Waals surface area contributed by atoms with Crippen molar-refractivity contribution in [1.29, 1.82) is 0 Å². The highest BCUT2D eigenvalue weighted by Gasteiger charge is 2.14. The van der Waals surface area contributed by atoms with Gasteiger partial charge in [-0.2, -0.15) is 0 Å². The average Bonchev–Trinajstić information content (AvgIpc) is 2.01. The number of hydrogen-bond acceptors (Lipinski definition) is 3. The Balaban J connectivity index is 3.77. The molecule has 0 saturated carbocycles. The molecule has 13 heavy (non-hydrogen) atoms. The van der Waals surface area contributed by atoms with Gasteiger partial charge in [-0.25, -0.2) is 4.79 Å². The van der Waals surface area contributed by atoms with Gasteiger partial charge in [0.2, 0.25) is 0 Å². The molecule has 0 aromatic rings. The molecule has 78 valence electrons. The van der Waals surface area contributed by atoms with Gasteiger partial charge >= 0.3 is 6.09 Å². The van der Waals surface area contributed by atoms with Crippen molar-refractivity contribution >= 4 is 6.09 Å². The zero-order valence-corrected chi connectivity index (χ0v) is 8.83. The van der Waals surface area contributed by atoms with Gasteiger partial charge in [-0.3, -0.25) is 0 Å². The minimum Gasteiger partial charge on any atom is -0.447 e. The highest BCUT2D eigenvalue weighted by atomic mass is 16.6. The lowest BCUT2D eigenvalue weighted by Gasteiger charge is -2.20. The summed E-state index contributed by atoms with van der Waals surface area (Å²) in [6.07, 6.45) is -0.455. The van der Waals surface area contributed by atoms with Crippen LogP contribution in [0.3, 0.4) is 0 Å². The lowest BCUT2D eigenvalue weighted by molar-refractivity contribution is 0.110. The molecule has 0 aromatic carbocycles. The Kier molecular flexibility index (Phi) is 5.46. The van der Waals surface area contributed by atoms with Gasteiger partial charge in [0, 0.05) is 6.04 Å². The molecule has 0 unspecified atom stereocenters. The van der Waals surface area contributed by atoms with Gasteiger partial charge in [0.15, 0.2) is 0 Å². The number of nitrogens with one attached hydrogen (secondary N) is 1. The molecule has 1 amide bonds. The number of hydrogen-bond donors (Lipinski definition) is 2. The van der Waals surface area contributed by atoms with E-state index in [9.17, 15) is 4.79 Å². The zero-order chi connectivity index (χ0) is 10.4. The number of rotatable bonds is 4. The van der Waals surface area contributed by atoms with Crippen LogP contribution in [-0.4, -0.2) is 24.8 Å². The molecule has 0 aliphatic heterocycles. The normalized spacial score (nSPS) is 15.2. The summed E-state index contributed by atoms with van der Waals surface area (Å²) in [4.78, 5) is 11.1. The van der Waals surface area contributed by atoms with Crippen molar-refractivity contribution in [2.45, 2.75) is 39.8 Å². The molecule has 4 heteroatoms. The summed E-state index contributed by atoms with van der Waals surface area (Å²) in [5.41, 5.74) is 5.46. The second-order valence-corrected chi connectivity index (χ2v) is 3.60. The molecular weight excluding hydrogens is 168 g/mol. The van der Waals surface area contributed by atoms with E-state index >= 15 is 0 Å². The zero-order valence-electron chi connectivity index (χ0n) is 8.83. The number of amides is 1. The second-order valence-electron chi connectivity index (χ2n) is 3.60. The summed E-state index contributed by atoms with van der Waals surface area (Å²) in [6.45, 7) is 8.09. The number of carbonyl (C=O) groups is 1. The molecule has 0 bridgehead atoms. The van der Waals surface area contributed by atoms with Crippen molar-refractivity contribution in [3.05, 3.63) is 0 Å². The van der Waals surface area contributed by atoms with Crippen molar-refractivity contribution in [3.8, 4) is 0 Å². The lowest BCUT2D eigenvalue weighted by Crippen LogP contribution is -2.40. The first-order valence-electron chi connectivity index (χ1n) is 4.64. The third-order valence-corrected chi connectivity index (χ3v) is 1.91. The van der Waals surface area contributed by atoms with Crippen molar-refractivity contribution < 1.29 is 9.53 Å². The number of ether oxygens (including phenoxy) is 1. The monoisotopic (exact) mass is 188 g/mol. The van der Waals surface area contributed by atoms with E-state index in [0.29, 0.717) is 6.54 Å². The average molecular weight is 188 g/mol. The predicted molar refractivity (Wildman–Crippen MR) is 52.4 cm³/mol. The van der Waals surface area contributed by atoms with Crippen LogP contribution in [-0.2, 0) is 4.74 Å². The van der Waals surface area contributed by atoms with Crippen molar-refractivity contribution in [2.75, 3.05) is 6.54 Å². The minimum absolute atomic E-state index is 0.0521. The molecule has 0 radical (unpaired) electrons. The minimum atomic E-state index is -0.372. The van der Waals surface area contributed by atoms with Gasteiger partial charge in [0.1, 0.15) is 0 Å². The van der Waals surface area contributed by atoms with Crippen LogP contribution in [0.1, 0.15) is 27.7 Å². The molecule has 0 aliphatic carbocycles. The molecule has 0 spiro atoms. The van der Waals surface area contributed by atoms with E-state index < -0.39 is 0 Å². The van der Waals surface area contributed by atoms with Crippen LogP contribution in [0.25, 0.3) is 0 Å². The van der Waals surface area contributed by atoms with Gasteiger partial charge in [0.05, 0.1) is 6.10 Å². The van der Waals surface area contributed by atoms with Crippen molar-refractivity contribution in [3.63, 3.8) is 0 Å². The number of alkyl carbamates (subject to hydrolysis) is 1. The number of carbonyl (C=O) groups excluding carboxylic acids is 1. The standard InChI is InChI=1S/C9H20N2O2/c1-6(2)13-9(12)11-8(4)7(3)5-10/h6-8H,5,10H2,1-4H3,(H,11,12)/t7-,8-/m1/s1. The first kappa shape index (κ1) is 12.2. The Morgan fingerprint density at radius 1 is 1.38 bits per heavy atom. The van der Waals surface area contributed by atoms with E-state index in [2.05, 4.69) is 5.32 Å². The first-order valence-corrected chi connectivity index (χ1v) is 4.64. The second kappa shape index (κ2) is 5.80. The molecule has 0 aromatic heterocycles. The summed E-state index contributed by atoms with van der Waals surface area (Å²) in [7, 11) is 0. The summed E-state index contributed by atoms with van der Waals surface area (Å²) in [5.74, 6) is 0.264. The highest BCUT2D eigenvalue weighted by Crippen LogP contribution is 2.00. The maximum absolute atomic E-state index is 11.1. The predicted octanol–water partition coefficient (Wildman–Crippen LogP) is 1.10. The van der Waals surface area contributed by atoms with Gasteiger partial charge in [0.25, 0.3) is 0 Å². The van der Waals surface area contributed by atoms with E-state index in [1.54, 1.807) is 0 Å². The third kappa shape index (κ3) is 5.47. The first-order chi connectivity index (χ1) is 5.97. The van der Waals surface area contributed by atoms with Crippen molar-refractivity contribution in [2.24, 2.45) is 11.7 Å². The summed E-state index contributed by atoms with van der Waals surface area (Å²) in [5, 5.41) is 2.72. The van der Waals surface area contributed by atoms with Gasteiger partial charge < -0.3 is 15.8 Å². The quantitative estimate of drug-likeness (QED) is 0.694. The van der Waals surface area contributed by atoms with Crippen LogP contribution in [0.2, 0.25) is 0 Å². The van der Waals surface area contributed by atoms with Crippen LogP contribution in [0, 0.1) is 5.92 Å². The fourth-order valence-corrected chi connectivity index (χ4v) is 0.780. The van der Waals surface area contributed by atoms with E-state index in [1.807, 2.05) is 27.7 Å². The van der Waals surface area contributed by atoms with E-state index in [4.69, 9.17) is 10.5 Å². The van der Waals surface area contributed by atoms with Crippen LogP contribution in [0.15, 0.2) is 0 Å². The smallest absolute Gasteiger partial charge is 0.407 e. The molecule has 4 nitrogen and oxygen atoms in total. The fourth-order valence-electron chi connectivity index (χ4n) is 0.780. The summed E-state index contributed by atoms with van der Waals surface area (Å²) < 4.78 is 4.92. The summed E-state index contributed by atoms with van der Waals surface area (Å²) in [6, 6.07) is 0.0521. The van der Waals surface area contributed by atoms with Gasteiger partial charge in [-0.15, -0.1) is 0 Å². The molecule has 3 N–H and O–H groups in total. The van der Waals surface area contributed by atoms with Crippen molar-refractivity contribution in [1.82, 2.24) is 5.32 Å². The topological polar surface area (TPSA) is 64.3 Å². The Morgan fingerprint density at radius 2 is 1.92 bits per heavy atom. The largest absolute Gasteiger partial charge is 0.447 e. The van der Waals surface area contributed by atoms with Crippen LogP contribution < -0.4 is 11.1 Å². The van der Waals surface area contributed by atoms with Crippen LogP contribution in [0.4, 0.5) is 4.79 Å². The lowest BCUT2D eigenvalue weighted by atomic mass is 10.1. The fraction of sp³-hybridized carbons (Fsp3) is 0.889. The Morgan fingerprint density at radius 3 is 2.31 bits per heavy atom. The summed E-state index contributed by atoms with van der Waals surface area (Å²) >= 11 is 0. The van der Waals surface area contributed by atoms with E-state index in [-0.39, 0.29) is 24.2 Å². The van der Waals surface area contributed by atoms with E-state index in [1.165, 1.54) is 0 Å². The molecule has 0 saturated heterocycles. The SMILES string of the molecule is CC(C)OC(=O)N[C@H](C)[C@H](C)CN. The molecule has 2 atom stereocenters. The molecule has 0 heterocycles.